The van der Waals surface area contributed by atoms with Gasteiger partial charge < -0.3 is 9.80 Å². The number of likely N-dealkylation sites (N-methyl/N-ethyl adjacent to an activating group) is 1. The second kappa shape index (κ2) is 8.26. The number of nitrogens with one attached hydrogen (secondary N) is 3. The quantitative estimate of drug-likeness (QED) is 0.609. The van der Waals surface area contributed by atoms with Crippen LogP contribution in [0.5, 0.6) is 0 Å². The highest BCUT2D eigenvalue weighted by atomic mass is 16.2. The van der Waals surface area contributed by atoms with Crippen LogP contribution in [0, 0.1) is 0 Å². The molecule has 0 saturated heterocycles. The Labute approximate surface area is 126 Å². The third kappa shape index (κ3) is 6.27. The van der Waals surface area contributed by atoms with Crippen molar-refractivity contribution < 1.29 is 14.5 Å². The van der Waals surface area contributed by atoms with E-state index in [9.17, 15) is 9.59 Å². The zero-order chi connectivity index (χ0) is 15.8. The average molecular weight is 293 g/mol. The topological polar surface area (TPSA) is 65.9 Å². The van der Waals surface area contributed by atoms with Crippen molar-refractivity contribution in [2.24, 2.45) is 0 Å². The molecule has 1 rings (SSSR count). The smallest absolute Gasteiger partial charge is 0.293 e. The molecule has 2 amide bonds. The molecule has 1 unspecified atom stereocenters. The van der Waals surface area contributed by atoms with Gasteiger partial charge in [0.25, 0.3) is 5.91 Å². The number of hydrogen-bond donors (Lipinski definition) is 3. The third-order valence-electron chi connectivity index (χ3n) is 3.20. The van der Waals surface area contributed by atoms with E-state index in [1.165, 1.54) is 12.5 Å². The number of hydrogen-bond acceptors (Lipinski definition) is 3. The van der Waals surface area contributed by atoms with Gasteiger partial charge in [-0.15, -0.1) is 0 Å². The van der Waals surface area contributed by atoms with Gasteiger partial charge in [-0.3, -0.25) is 20.4 Å². The lowest BCUT2D eigenvalue weighted by Crippen LogP contribution is -3.11. The van der Waals surface area contributed by atoms with Crippen molar-refractivity contribution in [1.29, 1.82) is 0 Å². The zero-order valence-electron chi connectivity index (χ0n) is 13.2. The van der Waals surface area contributed by atoms with Gasteiger partial charge in [-0.05, 0) is 19.1 Å². The molecule has 0 spiro atoms. The van der Waals surface area contributed by atoms with Crippen molar-refractivity contribution in [3.63, 3.8) is 0 Å². The number of amides is 2. The Morgan fingerprint density at radius 1 is 1.14 bits per heavy atom. The third-order valence-corrected chi connectivity index (χ3v) is 3.20. The second-order valence-corrected chi connectivity index (χ2v) is 5.25. The van der Waals surface area contributed by atoms with Crippen molar-refractivity contribution in [3.8, 4) is 0 Å². The highest BCUT2D eigenvalue weighted by molar-refractivity contribution is 5.81. The summed E-state index contributed by atoms with van der Waals surface area (Å²) in [6.45, 7) is 5.33. The Bertz CT molecular complexity index is 471. The molecule has 0 heterocycles. The Kier molecular flexibility index (Phi) is 6.68. The summed E-state index contributed by atoms with van der Waals surface area (Å²) in [5, 5.41) is 0. The first-order valence-corrected chi connectivity index (χ1v) is 7.07. The summed E-state index contributed by atoms with van der Waals surface area (Å²) in [6.07, 6.45) is 0. The van der Waals surface area contributed by atoms with Crippen LogP contribution in [0.3, 0.4) is 0 Å². The van der Waals surface area contributed by atoms with Crippen molar-refractivity contribution in [1.82, 2.24) is 10.9 Å². The Hall–Kier alpha value is -2.08. The monoisotopic (exact) mass is 293 g/mol. The maximum atomic E-state index is 11.7. The molecule has 0 aliphatic carbocycles. The van der Waals surface area contributed by atoms with Crippen LogP contribution in [0.15, 0.2) is 24.3 Å². The number of hydrazine groups is 1. The van der Waals surface area contributed by atoms with Gasteiger partial charge in [0, 0.05) is 32.3 Å². The molecule has 3 N–H and O–H groups in total. The fraction of sp³-hybridized carbons (Fsp3) is 0.467. The van der Waals surface area contributed by atoms with Crippen LogP contribution in [0.2, 0.25) is 0 Å². The summed E-state index contributed by atoms with van der Waals surface area (Å²) in [5.74, 6) is -0.465. The van der Waals surface area contributed by atoms with Crippen molar-refractivity contribution in [2.75, 3.05) is 32.1 Å². The molecule has 0 saturated carbocycles. The molecular weight excluding hydrogens is 268 g/mol. The summed E-state index contributed by atoms with van der Waals surface area (Å²) in [7, 11) is 4.01. The van der Waals surface area contributed by atoms with Gasteiger partial charge in [0.15, 0.2) is 6.54 Å². The number of quaternary nitrogens is 1. The first-order valence-electron chi connectivity index (χ1n) is 7.07. The summed E-state index contributed by atoms with van der Waals surface area (Å²) in [4.78, 5) is 25.6. The molecule has 0 fully saturated rings. The van der Waals surface area contributed by atoms with Crippen LogP contribution in [0.4, 0.5) is 5.69 Å². The second-order valence-electron chi connectivity index (χ2n) is 5.25. The molecule has 6 heteroatoms. The largest absolute Gasteiger partial charge is 0.378 e. The number of carbonyl (C=O) groups is 2. The van der Waals surface area contributed by atoms with Crippen LogP contribution in [-0.4, -0.2) is 39.0 Å². The van der Waals surface area contributed by atoms with Gasteiger partial charge in [-0.25, -0.2) is 0 Å². The van der Waals surface area contributed by atoms with E-state index < -0.39 is 0 Å². The first kappa shape index (κ1) is 17.0. The molecule has 1 aromatic rings. The van der Waals surface area contributed by atoms with E-state index in [1.54, 1.807) is 0 Å². The van der Waals surface area contributed by atoms with E-state index in [-0.39, 0.29) is 11.8 Å². The zero-order valence-corrected chi connectivity index (χ0v) is 13.2. The predicted molar refractivity (Wildman–Crippen MR) is 82.8 cm³/mol. The Morgan fingerprint density at radius 2 is 1.76 bits per heavy atom. The molecule has 1 aromatic carbocycles. The lowest BCUT2D eigenvalue weighted by atomic mass is 10.2. The number of anilines is 1. The van der Waals surface area contributed by atoms with Crippen LogP contribution in [0.1, 0.15) is 19.4 Å². The maximum absolute atomic E-state index is 11.7. The van der Waals surface area contributed by atoms with E-state index in [1.807, 2.05) is 21.0 Å². The average Bonchev–Trinajstić information content (AvgIpc) is 2.45. The summed E-state index contributed by atoms with van der Waals surface area (Å²) in [6, 6.07) is 8.30. The molecule has 21 heavy (non-hydrogen) atoms. The lowest BCUT2D eigenvalue weighted by molar-refractivity contribution is -0.904. The fourth-order valence-corrected chi connectivity index (χ4v) is 1.94. The van der Waals surface area contributed by atoms with E-state index in [2.05, 4.69) is 40.0 Å². The Balaban J connectivity index is 2.53. The predicted octanol–water partition coefficient (Wildman–Crippen LogP) is -0.675. The highest BCUT2D eigenvalue weighted by Gasteiger charge is 2.13. The number of benzene rings is 1. The van der Waals surface area contributed by atoms with E-state index >= 15 is 0 Å². The summed E-state index contributed by atoms with van der Waals surface area (Å²) in [5.41, 5.74) is 7.03. The number of nitrogens with zero attached hydrogens (tertiary/aromatic N) is 1. The molecule has 0 radical (unpaired) electrons. The lowest BCUT2D eigenvalue weighted by Gasteiger charge is -2.18. The fourth-order valence-electron chi connectivity index (χ4n) is 1.94. The first-order chi connectivity index (χ1) is 9.92. The molecule has 0 aliphatic heterocycles. The maximum Gasteiger partial charge on any atom is 0.293 e. The van der Waals surface area contributed by atoms with Crippen LogP contribution in [-0.2, 0) is 16.1 Å². The number of rotatable bonds is 6. The molecular formula is C15H25N4O2+. The number of carbonyl (C=O) groups excluding carboxylic acids is 2. The highest BCUT2D eigenvalue weighted by Crippen LogP contribution is 2.11. The van der Waals surface area contributed by atoms with Gasteiger partial charge in [0.05, 0.1) is 6.54 Å². The van der Waals surface area contributed by atoms with Gasteiger partial charge in [-0.2, -0.15) is 0 Å². The minimum absolute atomic E-state index is 0.188. The molecule has 6 nitrogen and oxygen atoms in total. The minimum Gasteiger partial charge on any atom is -0.378 e. The summed E-state index contributed by atoms with van der Waals surface area (Å²) < 4.78 is 0. The van der Waals surface area contributed by atoms with Crippen molar-refractivity contribution in [2.45, 2.75) is 20.4 Å². The van der Waals surface area contributed by atoms with Crippen LogP contribution < -0.4 is 20.7 Å². The van der Waals surface area contributed by atoms with Gasteiger partial charge in [0.1, 0.15) is 6.54 Å². The van der Waals surface area contributed by atoms with Gasteiger partial charge >= 0.3 is 0 Å². The normalized spacial score (nSPS) is 11.6. The van der Waals surface area contributed by atoms with Gasteiger partial charge in [0.2, 0.25) is 5.91 Å². The van der Waals surface area contributed by atoms with Crippen molar-refractivity contribution >= 4 is 17.5 Å². The Morgan fingerprint density at radius 3 is 2.24 bits per heavy atom. The van der Waals surface area contributed by atoms with Gasteiger partial charge in [-0.1, -0.05) is 12.1 Å². The van der Waals surface area contributed by atoms with E-state index in [0.29, 0.717) is 6.54 Å². The molecule has 0 aromatic heterocycles. The standard InChI is InChI=1S/C15H24N4O2/c1-5-19(11-15(21)17-16-12(2)20)10-13-6-8-14(9-7-13)18(3)4/h6-9H,5,10-11H2,1-4H3,(H,16,20)(H,17,21)/p+1. The van der Waals surface area contributed by atoms with Crippen LogP contribution in [0.25, 0.3) is 0 Å². The molecule has 116 valence electrons. The molecule has 0 bridgehead atoms. The minimum atomic E-state index is -0.277. The summed E-state index contributed by atoms with van der Waals surface area (Å²) >= 11 is 0. The molecule has 0 aliphatic rings. The molecule has 1 atom stereocenters. The SMILES string of the molecule is CC[NH+](CC(=O)NNC(C)=O)Cc1ccc(N(C)C)cc1. The van der Waals surface area contributed by atoms with E-state index in [0.717, 1.165) is 23.7 Å². The van der Waals surface area contributed by atoms with Crippen LogP contribution >= 0.6 is 0 Å². The van der Waals surface area contributed by atoms with E-state index in [4.69, 9.17) is 0 Å². The van der Waals surface area contributed by atoms with Crippen molar-refractivity contribution in [3.05, 3.63) is 29.8 Å².